The van der Waals surface area contributed by atoms with E-state index >= 15 is 0 Å². The highest BCUT2D eigenvalue weighted by atomic mass is 32.2. The predicted octanol–water partition coefficient (Wildman–Crippen LogP) is 4.40. The monoisotopic (exact) mass is 545 g/mol. The van der Waals surface area contributed by atoms with Gasteiger partial charge in [0.05, 0.1) is 18.6 Å². The summed E-state index contributed by atoms with van der Waals surface area (Å²) in [6.07, 6.45) is 2.64. The fourth-order valence-corrected chi connectivity index (χ4v) is 5.24. The van der Waals surface area contributed by atoms with Crippen molar-refractivity contribution in [2.75, 3.05) is 30.3 Å². The van der Waals surface area contributed by atoms with Crippen LogP contribution in [-0.4, -0.2) is 62.7 Å². The van der Waals surface area contributed by atoms with E-state index in [4.69, 9.17) is 4.74 Å². The van der Waals surface area contributed by atoms with Crippen molar-refractivity contribution in [1.29, 1.82) is 0 Å². The van der Waals surface area contributed by atoms with Gasteiger partial charge < -0.3 is 15.0 Å². The number of carbonyl (C=O) groups is 2. The van der Waals surface area contributed by atoms with Gasteiger partial charge in [0.1, 0.15) is 11.8 Å². The lowest BCUT2D eigenvalue weighted by Crippen LogP contribution is -2.54. The highest BCUT2D eigenvalue weighted by molar-refractivity contribution is 7.92. The minimum Gasteiger partial charge on any atom is -0.492 e. The van der Waals surface area contributed by atoms with Gasteiger partial charge in [-0.1, -0.05) is 49.4 Å². The summed E-state index contributed by atoms with van der Waals surface area (Å²) in [5.74, 6) is 0.106. The number of rotatable bonds is 14. The number of hydrogen-bond donors (Lipinski definition) is 1. The maximum absolute atomic E-state index is 13.5. The molecule has 2 amide bonds. The molecule has 210 valence electrons. The average Bonchev–Trinajstić information content (AvgIpc) is 2.84. The van der Waals surface area contributed by atoms with E-state index < -0.39 is 21.6 Å². The number of para-hydroxylation sites is 2. The molecular formula is C29H43N3O5S. The molecule has 2 aromatic rings. The zero-order chi connectivity index (χ0) is 28.3. The second-order valence-electron chi connectivity index (χ2n) is 10.3. The van der Waals surface area contributed by atoms with E-state index in [1.54, 1.807) is 29.2 Å². The van der Waals surface area contributed by atoms with Crippen LogP contribution in [0.4, 0.5) is 5.69 Å². The second-order valence-corrected chi connectivity index (χ2v) is 12.2. The Morgan fingerprint density at radius 1 is 0.974 bits per heavy atom. The third-order valence-corrected chi connectivity index (χ3v) is 7.13. The first-order valence-electron chi connectivity index (χ1n) is 13.2. The number of benzene rings is 2. The van der Waals surface area contributed by atoms with Gasteiger partial charge in [0.15, 0.2) is 0 Å². The van der Waals surface area contributed by atoms with Gasteiger partial charge in [0.25, 0.3) is 0 Å². The molecule has 0 spiro atoms. The Bertz CT molecular complexity index is 1150. The fourth-order valence-electron chi connectivity index (χ4n) is 4.27. The molecule has 0 aromatic heterocycles. The van der Waals surface area contributed by atoms with Crippen LogP contribution in [0.25, 0.3) is 0 Å². The van der Waals surface area contributed by atoms with Crippen LogP contribution < -0.4 is 14.4 Å². The molecule has 1 N–H and O–H groups in total. The molecular weight excluding hydrogens is 502 g/mol. The van der Waals surface area contributed by atoms with E-state index in [1.807, 2.05) is 65.0 Å². The molecule has 1 atom stereocenters. The number of amides is 2. The highest BCUT2D eigenvalue weighted by Gasteiger charge is 2.30. The summed E-state index contributed by atoms with van der Waals surface area (Å²) in [5.41, 5.74) is 1.09. The summed E-state index contributed by atoms with van der Waals surface area (Å²) in [6.45, 7) is 10.4. The van der Waals surface area contributed by atoms with Crippen molar-refractivity contribution in [3.05, 3.63) is 60.2 Å². The Labute approximate surface area is 228 Å². The molecule has 8 nitrogen and oxygen atoms in total. The molecule has 0 aliphatic carbocycles. The smallest absolute Gasteiger partial charge is 0.243 e. The molecule has 0 saturated carbocycles. The van der Waals surface area contributed by atoms with Crippen LogP contribution >= 0.6 is 0 Å². The zero-order valence-electron chi connectivity index (χ0n) is 23.6. The summed E-state index contributed by atoms with van der Waals surface area (Å²) in [4.78, 5) is 28.3. The summed E-state index contributed by atoms with van der Waals surface area (Å²) in [7, 11) is -3.61. The Morgan fingerprint density at radius 2 is 1.61 bits per heavy atom. The molecule has 1 unspecified atom stereocenters. The summed E-state index contributed by atoms with van der Waals surface area (Å²) >= 11 is 0. The molecule has 0 fully saturated rings. The lowest BCUT2D eigenvalue weighted by atomic mass is 10.0. The number of nitrogens with zero attached hydrogens (tertiary/aromatic N) is 2. The topological polar surface area (TPSA) is 96.0 Å². The number of nitrogens with one attached hydrogen (secondary N) is 1. The first-order valence-corrected chi connectivity index (χ1v) is 15.1. The molecule has 0 radical (unpaired) electrons. The number of carbonyl (C=O) groups excluding carboxylic acids is 2. The van der Waals surface area contributed by atoms with Crippen LogP contribution in [0.5, 0.6) is 5.75 Å². The molecule has 2 aromatic carbocycles. The third kappa shape index (κ3) is 9.67. The lowest BCUT2D eigenvalue weighted by Gasteiger charge is -2.33. The average molecular weight is 546 g/mol. The molecule has 2 rings (SSSR count). The first-order chi connectivity index (χ1) is 17.9. The minimum absolute atomic E-state index is 0.108. The van der Waals surface area contributed by atoms with E-state index in [0.717, 1.165) is 11.8 Å². The number of anilines is 1. The maximum atomic E-state index is 13.5. The van der Waals surface area contributed by atoms with Gasteiger partial charge in [-0.15, -0.1) is 0 Å². The normalized spacial score (nSPS) is 12.5. The van der Waals surface area contributed by atoms with Gasteiger partial charge in [-0.2, -0.15) is 0 Å². The van der Waals surface area contributed by atoms with Crippen molar-refractivity contribution in [2.24, 2.45) is 0 Å². The Kier molecular flexibility index (Phi) is 11.6. The van der Waals surface area contributed by atoms with E-state index in [9.17, 15) is 18.0 Å². The van der Waals surface area contributed by atoms with Gasteiger partial charge in [-0.05, 0) is 64.7 Å². The van der Waals surface area contributed by atoms with E-state index in [1.165, 1.54) is 4.31 Å². The zero-order valence-corrected chi connectivity index (χ0v) is 24.4. The predicted molar refractivity (Wildman–Crippen MR) is 153 cm³/mol. The van der Waals surface area contributed by atoms with Crippen molar-refractivity contribution in [1.82, 2.24) is 10.2 Å². The van der Waals surface area contributed by atoms with E-state index in [2.05, 4.69) is 5.32 Å². The number of hydrogen-bond acceptors (Lipinski definition) is 5. The second kappa shape index (κ2) is 14.2. The molecule has 0 heterocycles. The summed E-state index contributed by atoms with van der Waals surface area (Å²) in [6, 6.07) is 16.2. The van der Waals surface area contributed by atoms with Crippen LogP contribution in [0.2, 0.25) is 0 Å². The van der Waals surface area contributed by atoms with Crippen LogP contribution in [0.3, 0.4) is 0 Å². The third-order valence-electron chi connectivity index (χ3n) is 5.95. The van der Waals surface area contributed by atoms with E-state index in [-0.39, 0.29) is 24.8 Å². The lowest BCUT2D eigenvalue weighted by molar-refractivity contribution is -0.141. The Hall–Kier alpha value is -3.07. The maximum Gasteiger partial charge on any atom is 0.243 e. The van der Waals surface area contributed by atoms with Crippen LogP contribution in [0.15, 0.2) is 54.6 Å². The molecule has 0 saturated heterocycles. The SMILES string of the molecule is CCOc1ccccc1N(CCCC(=O)N(CCc1ccccc1)C(CC)C(=O)NC(C)(C)C)S(C)(=O)=O. The van der Waals surface area contributed by atoms with Crippen LogP contribution in [0.1, 0.15) is 59.4 Å². The Morgan fingerprint density at radius 3 is 2.18 bits per heavy atom. The molecule has 0 aliphatic rings. The van der Waals surface area contributed by atoms with Crippen molar-refractivity contribution in [3.63, 3.8) is 0 Å². The van der Waals surface area contributed by atoms with Gasteiger partial charge in [-0.25, -0.2) is 8.42 Å². The van der Waals surface area contributed by atoms with E-state index in [0.29, 0.717) is 43.9 Å². The van der Waals surface area contributed by atoms with Crippen molar-refractivity contribution >= 4 is 27.5 Å². The summed E-state index contributed by atoms with van der Waals surface area (Å²) in [5, 5.41) is 3.00. The quantitative estimate of drug-likeness (QED) is 0.380. The minimum atomic E-state index is -3.61. The molecule has 9 heteroatoms. The Balaban J connectivity index is 2.22. The largest absolute Gasteiger partial charge is 0.492 e. The number of sulfonamides is 1. The van der Waals surface area contributed by atoms with Crippen molar-refractivity contribution in [2.45, 2.75) is 71.9 Å². The van der Waals surface area contributed by atoms with Gasteiger partial charge in [0.2, 0.25) is 21.8 Å². The highest BCUT2D eigenvalue weighted by Crippen LogP contribution is 2.30. The molecule has 0 bridgehead atoms. The molecule has 38 heavy (non-hydrogen) atoms. The van der Waals surface area contributed by atoms with Gasteiger partial charge in [-0.3, -0.25) is 13.9 Å². The summed E-state index contributed by atoms with van der Waals surface area (Å²) < 4.78 is 32.2. The number of ether oxygens (including phenoxy) is 1. The van der Waals surface area contributed by atoms with Crippen LogP contribution in [0, 0.1) is 0 Å². The van der Waals surface area contributed by atoms with Gasteiger partial charge >= 0.3 is 0 Å². The van der Waals surface area contributed by atoms with Gasteiger partial charge in [0, 0.05) is 25.0 Å². The van der Waals surface area contributed by atoms with Crippen LogP contribution in [-0.2, 0) is 26.0 Å². The van der Waals surface area contributed by atoms with Crippen molar-refractivity contribution in [3.8, 4) is 5.75 Å². The molecule has 0 aliphatic heterocycles. The van der Waals surface area contributed by atoms with Crippen molar-refractivity contribution < 1.29 is 22.7 Å². The first kappa shape index (κ1) is 31.1. The standard InChI is InChI=1S/C29H43N3O5S/c1-7-24(28(34)30-29(3,4)5)31(22-20-23-15-10-9-11-16-23)27(33)19-14-21-32(38(6,35)36)25-17-12-13-18-26(25)37-8-2/h9-13,15-18,24H,7-8,14,19-22H2,1-6H3,(H,30,34). The fraction of sp³-hybridized carbons (Fsp3) is 0.517.